The number of anilines is 3. The van der Waals surface area contributed by atoms with Gasteiger partial charge in [-0.25, -0.2) is 4.98 Å². The van der Waals surface area contributed by atoms with Crippen LogP contribution in [0.1, 0.15) is 18.9 Å². The lowest BCUT2D eigenvalue weighted by molar-refractivity contribution is 0.922. The Bertz CT molecular complexity index is 753. The smallest absolute Gasteiger partial charge is 0.0991 e. The van der Waals surface area contributed by atoms with Crippen LogP contribution < -0.4 is 11.1 Å². The minimum atomic E-state index is 0. The van der Waals surface area contributed by atoms with Crippen LogP contribution in [0.3, 0.4) is 0 Å². The largest absolute Gasteiger partial charge is 0.397 e. The first kappa shape index (κ1) is 16.9. The number of rotatable bonds is 5. The Kier molecular flexibility index (Phi) is 5.66. The molecule has 0 saturated heterocycles. The molecule has 23 heavy (non-hydrogen) atoms. The van der Waals surface area contributed by atoms with E-state index in [9.17, 15) is 0 Å². The highest BCUT2D eigenvalue weighted by Gasteiger charge is 2.03. The summed E-state index contributed by atoms with van der Waals surface area (Å²) < 4.78 is 1.97. The van der Waals surface area contributed by atoms with E-state index >= 15 is 0 Å². The zero-order chi connectivity index (χ0) is 15.4. The van der Waals surface area contributed by atoms with Gasteiger partial charge < -0.3 is 15.6 Å². The molecule has 120 valence electrons. The van der Waals surface area contributed by atoms with E-state index in [0.29, 0.717) is 0 Å². The first-order valence-electron chi connectivity index (χ1n) is 7.50. The van der Waals surface area contributed by atoms with E-state index in [1.165, 1.54) is 5.56 Å². The normalized spacial score (nSPS) is 10.1. The summed E-state index contributed by atoms with van der Waals surface area (Å²) in [5.74, 6) is 0. The van der Waals surface area contributed by atoms with Crippen molar-refractivity contribution < 1.29 is 0 Å². The maximum Gasteiger partial charge on any atom is 0.0991 e. The number of imidazole rings is 1. The summed E-state index contributed by atoms with van der Waals surface area (Å²) in [6.45, 7) is 2.17. The lowest BCUT2D eigenvalue weighted by atomic mass is 10.1. The van der Waals surface area contributed by atoms with Crippen molar-refractivity contribution in [1.29, 1.82) is 0 Å². The van der Waals surface area contributed by atoms with Crippen molar-refractivity contribution >= 4 is 29.5 Å². The number of nitrogen functional groups attached to an aromatic ring is 1. The molecular weight excluding hydrogens is 308 g/mol. The van der Waals surface area contributed by atoms with Gasteiger partial charge in [0.05, 0.1) is 17.7 Å². The molecule has 0 amide bonds. The van der Waals surface area contributed by atoms with Gasteiger partial charge in [0.15, 0.2) is 0 Å². The summed E-state index contributed by atoms with van der Waals surface area (Å²) in [4.78, 5) is 4.08. The molecule has 3 aromatic rings. The molecule has 1 aromatic heterocycles. The number of aryl methyl sites for hydroxylation is 1. The predicted molar refractivity (Wildman–Crippen MR) is 98.9 cm³/mol. The molecule has 0 unspecified atom stereocenters. The highest BCUT2D eigenvalue weighted by Crippen LogP contribution is 2.25. The van der Waals surface area contributed by atoms with E-state index in [0.717, 1.165) is 35.6 Å². The van der Waals surface area contributed by atoms with Crippen LogP contribution in [0.4, 0.5) is 17.1 Å². The SMILES string of the molecule is CCCc1ccc(Nc2cccc(-n3ccnc3)c2)c(N)c1.Cl. The van der Waals surface area contributed by atoms with Gasteiger partial charge in [0.2, 0.25) is 0 Å². The van der Waals surface area contributed by atoms with E-state index in [-0.39, 0.29) is 12.4 Å². The van der Waals surface area contributed by atoms with Gasteiger partial charge in [-0.05, 0) is 42.3 Å². The van der Waals surface area contributed by atoms with Gasteiger partial charge in [-0.1, -0.05) is 25.5 Å². The third-order valence-corrected chi connectivity index (χ3v) is 3.58. The molecule has 0 aliphatic carbocycles. The van der Waals surface area contributed by atoms with Crippen molar-refractivity contribution in [2.75, 3.05) is 11.1 Å². The van der Waals surface area contributed by atoms with Crippen LogP contribution in [0.2, 0.25) is 0 Å². The van der Waals surface area contributed by atoms with Crippen molar-refractivity contribution in [1.82, 2.24) is 9.55 Å². The number of aromatic nitrogens is 2. The molecule has 0 aliphatic heterocycles. The van der Waals surface area contributed by atoms with Crippen molar-refractivity contribution in [3.8, 4) is 5.69 Å². The standard InChI is InChI=1S/C18H20N4.ClH/c1-2-4-14-7-8-18(17(19)11-14)21-15-5-3-6-16(12-15)22-10-9-20-13-22;/h3,5-13,21H,2,4,19H2,1H3;1H. The number of halogens is 1. The minimum absolute atomic E-state index is 0. The van der Waals surface area contributed by atoms with Crippen LogP contribution in [0.25, 0.3) is 5.69 Å². The summed E-state index contributed by atoms with van der Waals surface area (Å²) in [6, 6.07) is 14.4. The Morgan fingerprint density at radius 1 is 1.17 bits per heavy atom. The number of nitrogens with zero attached hydrogens (tertiary/aromatic N) is 2. The van der Waals surface area contributed by atoms with Crippen LogP contribution in [-0.2, 0) is 6.42 Å². The quantitative estimate of drug-likeness (QED) is 0.674. The van der Waals surface area contributed by atoms with Crippen LogP contribution in [-0.4, -0.2) is 9.55 Å². The van der Waals surface area contributed by atoms with E-state index in [4.69, 9.17) is 5.73 Å². The molecule has 5 heteroatoms. The maximum absolute atomic E-state index is 6.15. The molecule has 3 N–H and O–H groups in total. The molecule has 2 aromatic carbocycles. The van der Waals surface area contributed by atoms with Crippen LogP contribution >= 0.6 is 12.4 Å². The van der Waals surface area contributed by atoms with Crippen molar-refractivity contribution in [3.05, 3.63) is 66.7 Å². The average molecular weight is 329 g/mol. The molecule has 0 atom stereocenters. The van der Waals surface area contributed by atoms with Gasteiger partial charge in [0, 0.05) is 23.8 Å². The Morgan fingerprint density at radius 2 is 2.04 bits per heavy atom. The van der Waals surface area contributed by atoms with Crippen molar-refractivity contribution in [2.24, 2.45) is 0 Å². The number of nitrogens with two attached hydrogens (primary N) is 1. The molecule has 1 heterocycles. The fourth-order valence-electron chi connectivity index (χ4n) is 2.48. The van der Waals surface area contributed by atoms with E-state index in [1.54, 1.807) is 12.5 Å². The second-order valence-corrected chi connectivity index (χ2v) is 5.32. The van der Waals surface area contributed by atoms with Crippen LogP contribution in [0, 0.1) is 0 Å². The number of benzene rings is 2. The highest BCUT2D eigenvalue weighted by atomic mass is 35.5. The van der Waals surface area contributed by atoms with Gasteiger partial charge in [-0.3, -0.25) is 0 Å². The van der Waals surface area contributed by atoms with E-state index in [1.807, 2.05) is 41.1 Å². The first-order valence-corrected chi connectivity index (χ1v) is 7.50. The molecule has 0 radical (unpaired) electrons. The Balaban J connectivity index is 0.00000192. The molecule has 0 saturated carbocycles. The van der Waals surface area contributed by atoms with Gasteiger partial charge in [-0.2, -0.15) is 0 Å². The molecule has 0 spiro atoms. The van der Waals surface area contributed by atoms with E-state index in [2.05, 4.69) is 29.4 Å². The van der Waals surface area contributed by atoms with Gasteiger partial charge >= 0.3 is 0 Å². The summed E-state index contributed by atoms with van der Waals surface area (Å²) >= 11 is 0. The monoisotopic (exact) mass is 328 g/mol. The zero-order valence-electron chi connectivity index (χ0n) is 13.1. The van der Waals surface area contributed by atoms with Gasteiger partial charge in [-0.15, -0.1) is 12.4 Å². The maximum atomic E-state index is 6.15. The molecule has 0 bridgehead atoms. The van der Waals surface area contributed by atoms with Gasteiger partial charge in [0.1, 0.15) is 0 Å². The second kappa shape index (κ2) is 7.70. The summed E-state index contributed by atoms with van der Waals surface area (Å²) in [5, 5.41) is 3.39. The lowest BCUT2D eigenvalue weighted by Gasteiger charge is -2.12. The molecule has 3 rings (SSSR count). The summed E-state index contributed by atoms with van der Waals surface area (Å²) in [5.41, 5.74) is 11.2. The minimum Gasteiger partial charge on any atom is -0.397 e. The predicted octanol–water partition coefficient (Wildman–Crippen LogP) is 4.57. The fourth-order valence-corrected chi connectivity index (χ4v) is 2.48. The van der Waals surface area contributed by atoms with Crippen LogP contribution in [0.15, 0.2) is 61.2 Å². The third-order valence-electron chi connectivity index (χ3n) is 3.58. The Labute approximate surface area is 142 Å². The number of hydrogen-bond donors (Lipinski definition) is 2. The molecule has 0 fully saturated rings. The van der Waals surface area contributed by atoms with E-state index < -0.39 is 0 Å². The first-order chi connectivity index (χ1) is 10.8. The Hall–Kier alpha value is -2.46. The summed E-state index contributed by atoms with van der Waals surface area (Å²) in [6.07, 6.45) is 7.66. The second-order valence-electron chi connectivity index (χ2n) is 5.32. The van der Waals surface area contributed by atoms with Crippen molar-refractivity contribution in [3.63, 3.8) is 0 Å². The Morgan fingerprint density at radius 3 is 2.74 bits per heavy atom. The highest BCUT2D eigenvalue weighted by molar-refractivity contribution is 5.85. The van der Waals surface area contributed by atoms with Gasteiger partial charge in [0.25, 0.3) is 0 Å². The fraction of sp³-hybridized carbons (Fsp3) is 0.167. The number of hydrogen-bond acceptors (Lipinski definition) is 3. The molecule has 0 aliphatic rings. The number of nitrogens with one attached hydrogen (secondary N) is 1. The van der Waals surface area contributed by atoms with Crippen molar-refractivity contribution in [2.45, 2.75) is 19.8 Å². The molecular formula is C18H21ClN4. The summed E-state index contributed by atoms with van der Waals surface area (Å²) in [7, 11) is 0. The molecule has 4 nitrogen and oxygen atoms in total. The lowest BCUT2D eigenvalue weighted by Crippen LogP contribution is -1.99. The average Bonchev–Trinajstić information content (AvgIpc) is 3.05. The van der Waals surface area contributed by atoms with Crippen LogP contribution in [0.5, 0.6) is 0 Å². The topological polar surface area (TPSA) is 55.9 Å². The zero-order valence-corrected chi connectivity index (χ0v) is 13.9. The third kappa shape index (κ3) is 4.05.